The highest BCUT2D eigenvalue weighted by atomic mass is 16.2. The van der Waals surface area contributed by atoms with Crippen LogP contribution in [0.3, 0.4) is 0 Å². The highest BCUT2D eigenvalue weighted by Gasteiger charge is 2.51. The molecule has 44 heavy (non-hydrogen) atoms. The van der Waals surface area contributed by atoms with Crippen molar-refractivity contribution >= 4 is 40.1 Å². The van der Waals surface area contributed by atoms with Crippen LogP contribution in [-0.2, 0) is 32.0 Å². The minimum Gasteiger partial charge on any atom is -0.361 e. The van der Waals surface area contributed by atoms with E-state index in [9.17, 15) is 19.2 Å². The lowest BCUT2D eigenvalue weighted by Crippen LogP contribution is -2.68. The number of aromatic amines is 1. The number of H-pyrrole nitrogens is 1. The van der Waals surface area contributed by atoms with Gasteiger partial charge in [-0.2, -0.15) is 0 Å². The molecular formula is C35H39N5O4. The third kappa shape index (κ3) is 4.65. The van der Waals surface area contributed by atoms with Gasteiger partial charge in [0, 0.05) is 42.7 Å². The topological polar surface area (TPSA) is 106 Å². The van der Waals surface area contributed by atoms with E-state index >= 15 is 0 Å². The van der Waals surface area contributed by atoms with Gasteiger partial charge in [-0.25, -0.2) is 0 Å². The van der Waals surface area contributed by atoms with Gasteiger partial charge in [-0.1, -0.05) is 62.4 Å². The number of aromatic nitrogens is 1. The zero-order valence-electron chi connectivity index (χ0n) is 25.5. The molecule has 4 aliphatic rings. The average Bonchev–Trinajstić information content (AvgIpc) is 3.68. The smallest absolute Gasteiger partial charge is 0.252 e. The number of piperazine rings is 1. The number of fused-ring (bicyclic) bond motifs is 3. The maximum absolute atomic E-state index is 14.3. The Morgan fingerprint density at radius 2 is 1.82 bits per heavy atom. The molecule has 4 heterocycles. The highest BCUT2D eigenvalue weighted by molar-refractivity contribution is 6.09. The van der Waals surface area contributed by atoms with Crippen molar-refractivity contribution in [2.45, 2.75) is 63.7 Å². The summed E-state index contributed by atoms with van der Waals surface area (Å²) in [6, 6.07) is 13.4. The van der Waals surface area contributed by atoms with Crippen molar-refractivity contribution in [1.29, 1.82) is 0 Å². The van der Waals surface area contributed by atoms with Gasteiger partial charge in [-0.05, 0) is 60.6 Å². The lowest BCUT2D eigenvalue weighted by Gasteiger charge is -2.43. The molecule has 1 aliphatic carbocycles. The Morgan fingerprint density at radius 1 is 1.02 bits per heavy atom. The quantitative estimate of drug-likeness (QED) is 0.457. The maximum atomic E-state index is 14.3. The first-order valence-corrected chi connectivity index (χ1v) is 15.8. The molecule has 3 aliphatic heterocycles. The summed E-state index contributed by atoms with van der Waals surface area (Å²) in [7, 11) is 2.04. The van der Waals surface area contributed by atoms with Gasteiger partial charge in [0.1, 0.15) is 18.1 Å². The zero-order valence-corrected chi connectivity index (χ0v) is 25.5. The van der Waals surface area contributed by atoms with Crippen LogP contribution in [0.4, 0.5) is 0 Å². The van der Waals surface area contributed by atoms with Crippen molar-refractivity contribution < 1.29 is 19.2 Å². The standard InChI is InChI=1S/C35H39N5O4/c1-20(2)31(35(44)40-29(15-21-9-5-4-6-10-21)33(42)39-14-8-13-27(39)34(40)43)37-32(41)23-16-25-24-11-7-12-26-30(24)22(18-36-26)17-28(25)38(3)19-23/h4-7,9-12,16,18,20,23,27-29,31,36H,8,13-15,17,19H2,1-3H3,(H,37,41)/t23-,27-,28-,29+,31+/m1/s1. The lowest BCUT2D eigenvalue weighted by molar-refractivity contribution is -0.167. The summed E-state index contributed by atoms with van der Waals surface area (Å²) >= 11 is 0. The van der Waals surface area contributed by atoms with Crippen LogP contribution in [0.25, 0.3) is 16.5 Å². The number of carbonyl (C=O) groups excluding carboxylic acids is 4. The van der Waals surface area contributed by atoms with Crippen LogP contribution < -0.4 is 5.32 Å². The number of benzene rings is 2. The Bertz CT molecular complexity index is 1680. The maximum Gasteiger partial charge on any atom is 0.252 e. The van der Waals surface area contributed by atoms with E-state index in [1.54, 1.807) is 4.90 Å². The molecule has 228 valence electrons. The second-order valence-corrected chi connectivity index (χ2v) is 13.1. The summed E-state index contributed by atoms with van der Waals surface area (Å²) in [6.07, 6.45) is 6.54. The van der Waals surface area contributed by atoms with Crippen LogP contribution >= 0.6 is 0 Å². The van der Waals surface area contributed by atoms with Gasteiger partial charge in [0.2, 0.25) is 11.8 Å². The number of imide groups is 1. The van der Waals surface area contributed by atoms with Crippen LogP contribution in [0, 0.1) is 11.8 Å². The van der Waals surface area contributed by atoms with Gasteiger partial charge >= 0.3 is 0 Å². The molecular weight excluding hydrogens is 554 g/mol. The van der Waals surface area contributed by atoms with E-state index in [0.717, 1.165) is 35.1 Å². The monoisotopic (exact) mass is 593 g/mol. The summed E-state index contributed by atoms with van der Waals surface area (Å²) in [5.41, 5.74) is 5.51. The van der Waals surface area contributed by atoms with Crippen molar-refractivity contribution in [3.05, 3.63) is 77.5 Å². The number of rotatable bonds is 6. The SMILES string of the molecule is CC(C)[C@H](NC(=O)[C@@H]1C=C2c3cccc4[nH]cc(c34)C[C@H]2N(C)C1)C(=O)N1C(=O)[C@H]2CCCN2C(=O)[C@@H]1Cc1ccccc1. The Morgan fingerprint density at radius 3 is 2.59 bits per heavy atom. The molecule has 2 saturated heterocycles. The van der Waals surface area contributed by atoms with Gasteiger partial charge in [-0.3, -0.25) is 29.0 Å². The zero-order chi connectivity index (χ0) is 30.7. The van der Waals surface area contributed by atoms with Crippen molar-refractivity contribution in [3.8, 4) is 0 Å². The molecule has 0 unspecified atom stereocenters. The number of hydrogen-bond acceptors (Lipinski definition) is 5. The first kappa shape index (κ1) is 28.5. The first-order valence-electron chi connectivity index (χ1n) is 15.8. The van der Waals surface area contributed by atoms with E-state index in [0.29, 0.717) is 19.5 Å². The van der Waals surface area contributed by atoms with Crippen LogP contribution in [0.1, 0.15) is 43.4 Å². The van der Waals surface area contributed by atoms with E-state index in [4.69, 9.17) is 0 Å². The van der Waals surface area contributed by atoms with Crippen molar-refractivity contribution in [3.63, 3.8) is 0 Å². The molecule has 0 saturated carbocycles. The molecule has 0 bridgehead atoms. The molecule has 9 nitrogen and oxygen atoms in total. The summed E-state index contributed by atoms with van der Waals surface area (Å²) < 4.78 is 0. The number of likely N-dealkylation sites (N-methyl/N-ethyl adjacent to an activating group) is 1. The minimum absolute atomic E-state index is 0.167. The number of carbonyl (C=O) groups is 4. The third-order valence-corrected chi connectivity index (χ3v) is 10.00. The summed E-state index contributed by atoms with van der Waals surface area (Å²) in [6.45, 7) is 4.77. The largest absolute Gasteiger partial charge is 0.361 e. The lowest BCUT2D eigenvalue weighted by atomic mass is 9.79. The molecule has 9 heteroatoms. The fourth-order valence-electron chi connectivity index (χ4n) is 7.72. The second-order valence-electron chi connectivity index (χ2n) is 13.1. The molecule has 2 fully saturated rings. The van der Waals surface area contributed by atoms with Gasteiger partial charge in [0.05, 0.1) is 5.92 Å². The van der Waals surface area contributed by atoms with Crippen LogP contribution in [0.2, 0.25) is 0 Å². The normalized spacial score (nSPS) is 25.6. The van der Waals surface area contributed by atoms with Crippen LogP contribution in [-0.4, -0.2) is 87.6 Å². The Hall–Kier alpha value is -4.24. The summed E-state index contributed by atoms with van der Waals surface area (Å²) in [4.78, 5) is 64.3. The second kappa shape index (κ2) is 11.0. The molecule has 2 aromatic carbocycles. The fraction of sp³-hybridized carbons (Fsp3) is 0.429. The van der Waals surface area contributed by atoms with E-state index in [1.165, 1.54) is 15.8 Å². The first-order chi connectivity index (χ1) is 21.2. The molecule has 0 radical (unpaired) electrons. The van der Waals surface area contributed by atoms with Crippen molar-refractivity contribution in [1.82, 2.24) is 25.0 Å². The molecule has 2 N–H and O–H groups in total. The minimum atomic E-state index is -0.946. The van der Waals surface area contributed by atoms with Crippen LogP contribution in [0.5, 0.6) is 0 Å². The summed E-state index contributed by atoms with van der Waals surface area (Å²) in [5, 5.41) is 4.24. The molecule has 7 rings (SSSR count). The average molecular weight is 594 g/mol. The number of hydrogen-bond donors (Lipinski definition) is 2. The van der Waals surface area contributed by atoms with Crippen molar-refractivity contribution in [2.75, 3.05) is 20.1 Å². The Balaban J connectivity index is 1.17. The summed E-state index contributed by atoms with van der Waals surface area (Å²) in [5.74, 6) is -2.06. The van der Waals surface area contributed by atoms with Gasteiger partial charge in [0.25, 0.3) is 11.8 Å². The van der Waals surface area contributed by atoms with Gasteiger partial charge in [0.15, 0.2) is 0 Å². The highest BCUT2D eigenvalue weighted by Crippen LogP contribution is 2.41. The van der Waals surface area contributed by atoms with Crippen molar-refractivity contribution in [2.24, 2.45) is 11.8 Å². The predicted molar refractivity (Wildman–Crippen MR) is 167 cm³/mol. The Labute approximate surface area is 257 Å². The van der Waals surface area contributed by atoms with Gasteiger partial charge in [-0.15, -0.1) is 0 Å². The Kier molecular flexibility index (Phi) is 7.16. The molecule has 4 amide bonds. The molecule has 5 atom stereocenters. The molecule has 1 aromatic heterocycles. The molecule has 0 spiro atoms. The van der Waals surface area contributed by atoms with E-state index in [2.05, 4.69) is 39.6 Å². The van der Waals surface area contributed by atoms with Gasteiger partial charge < -0.3 is 15.2 Å². The fourth-order valence-corrected chi connectivity index (χ4v) is 7.72. The number of nitrogens with zero attached hydrogens (tertiary/aromatic N) is 3. The predicted octanol–water partition coefficient (Wildman–Crippen LogP) is 3.15. The third-order valence-electron chi connectivity index (χ3n) is 10.00. The van der Waals surface area contributed by atoms with E-state index in [-0.39, 0.29) is 36.1 Å². The van der Waals surface area contributed by atoms with Crippen LogP contribution in [0.15, 0.2) is 60.8 Å². The van der Waals surface area contributed by atoms with E-state index in [1.807, 2.05) is 57.3 Å². The number of nitrogens with one attached hydrogen (secondary N) is 2. The number of amides is 4. The molecule has 3 aromatic rings. The van der Waals surface area contributed by atoms with E-state index < -0.39 is 30.0 Å².